The van der Waals surface area contributed by atoms with Gasteiger partial charge < -0.3 is 9.47 Å². The van der Waals surface area contributed by atoms with Crippen LogP contribution < -0.4 is 0 Å². The summed E-state index contributed by atoms with van der Waals surface area (Å²) in [5, 5.41) is 0. The Kier molecular flexibility index (Phi) is 5.24. The fraction of sp³-hybridized carbons (Fsp3) is 0.304. The quantitative estimate of drug-likeness (QED) is 0.611. The van der Waals surface area contributed by atoms with E-state index in [0.717, 1.165) is 17.9 Å². The number of rotatable bonds is 7. The second-order valence-corrected chi connectivity index (χ2v) is 7.56. The number of hydrogen-bond donors (Lipinski definition) is 0. The molecule has 1 fully saturated rings. The van der Waals surface area contributed by atoms with Crippen LogP contribution in [0.2, 0.25) is 0 Å². The maximum atomic E-state index is 14.0. The third kappa shape index (κ3) is 4.30. The van der Waals surface area contributed by atoms with Crippen LogP contribution in [0.5, 0.6) is 0 Å². The minimum absolute atomic E-state index is 0.0207. The van der Waals surface area contributed by atoms with Gasteiger partial charge in [0.2, 0.25) is 0 Å². The number of amides is 1. The van der Waals surface area contributed by atoms with E-state index in [9.17, 15) is 9.18 Å². The minimum Gasteiger partial charge on any atom is -0.331 e. The first kappa shape index (κ1) is 18.4. The van der Waals surface area contributed by atoms with Crippen molar-refractivity contribution in [1.29, 1.82) is 0 Å². The van der Waals surface area contributed by atoms with Crippen molar-refractivity contribution in [2.45, 2.75) is 32.9 Å². The Labute approximate surface area is 164 Å². The molecule has 0 bridgehead atoms. The lowest BCUT2D eigenvalue weighted by molar-refractivity contribution is 0.0728. The maximum absolute atomic E-state index is 14.0. The Morgan fingerprint density at radius 2 is 1.93 bits per heavy atom. The van der Waals surface area contributed by atoms with E-state index in [0.29, 0.717) is 30.1 Å². The lowest BCUT2D eigenvalue weighted by atomic mass is 10.1. The van der Waals surface area contributed by atoms with Gasteiger partial charge in [-0.1, -0.05) is 35.9 Å². The van der Waals surface area contributed by atoms with Gasteiger partial charge in [-0.3, -0.25) is 4.79 Å². The van der Waals surface area contributed by atoms with Gasteiger partial charge in [0.15, 0.2) is 0 Å². The molecule has 0 atom stereocenters. The van der Waals surface area contributed by atoms with E-state index < -0.39 is 0 Å². The number of aryl methyl sites for hydroxylation is 1. The van der Waals surface area contributed by atoms with Gasteiger partial charge in [-0.25, -0.2) is 9.37 Å². The number of halogens is 1. The first-order valence-corrected chi connectivity index (χ1v) is 9.69. The van der Waals surface area contributed by atoms with Gasteiger partial charge in [-0.2, -0.15) is 0 Å². The highest BCUT2D eigenvalue weighted by atomic mass is 19.1. The lowest BCUT2D eigenvalue weighted by Crippen LogP contribution is -2.33. The van der Waals surface area contributed by atoms with E-state index in [2.05, 4.69) is 4.98 Å². The number of imidazole rings is 1. The van der Waals surface area contributed by atoms with Crippen LogP contribution in [0.25, 0.3) is 0 Å². The van der Waals surface area contributed by atoms with Crippen LogP contribution >= 0.6 is 0 Å². The molecule has 144 valence electrons. The molecule has 3 aromatic rings. The first-order valence-electron chi connectivity index (χ1n) is 9.69. The second-order valence-electron chi connectivity index (χ2n) is 7.56. The van der Waals surface area contributed by atoms with E-state index in [1.54, 1.807) is 18.3 Å². The van der Waals surface area contributed by atoms with Crippen LogP contribution in [0.4, 0.5) is 4.39 Å². The number of nitrogens with zero attached hydrogens (tertiary/aromatic N) is 3. The van der Waals surface area contributed by atoms with E-state index in [1.165, 1.54) is 18.9 Å². The van der Waals surface area contributed by atoms with Crippen LogP contribution in [0.15, 0.2) is 60.9 Å². The monoisotopic (exact) mass is 377 g/mol. The van der Waals surface area contributed by atoms with Crippen LogP contribution in [0.3, 0.4) is 0 Å². The van der Waals surface area contributed by atoms with E-state index in [4.69, 9.17) is 0 Å². The molecule has 1 aliphatic rings. The van der Waals surface area contributed by atoms with Crippen molar-refractivity contribution in [2.75, 3.05) is 6.54 Å². The van der Waals surface area contributed by atoms with Crippen LogP contribution in [0, 0.1) is 18.7 Å². The largest absolute Gasteiger partial charge is 0.331 e. The molecule has 28 heavy (non-hydrogen) atoms. The molecule has 2 aromatic carbocycles. The molecule has 1 aliphatic carbocycles. The molecule has 5 heteroatoms. The number of aromatic nitrogens is 2. The van der Waals surface area contributed by atoms with Crippen molar-refractivity contribution in [3.05, 3.63) is 89.3 Å². The molecule has 4 nitrogen and oxygen atoms in total. The van der Waals surface area contributed by atoms with Crippen LogP contribution in [0.1, 0.15) is 40.2 Å². The van der Waals surface area contributed by atoms with Gasteiger partial charge in [-0.15, -0.1) is 0 Å². The van der Waals surface area contributed by atoms with E-state index in [-0.39, 0.29) is 11.7 Å². The molecule has 1 amide bonds. The summed E-state index contributed by atoms with van der Waals surface area (Å²) in [7, 11) is 0. The number of benzene rings is 2. The van der Waals surface area contributed by atoms with Crippen molar-refractivity contribution in [3.63, 3.8) is 0 Å². The molecular formula is C23H24FN3O. The Hall–Kier alpha value is -2.95. The number of hydrogen-bond acceptors (Lipinski definition) is 2. The zero-order valence-electron chi connectivity index (χ0n) is 16.0. The maximum Gasteiger partial charge on any atom is 0.254 e. The Morgan fingerprint density at radius 1 is 1.18 bits per heavy atom. The molecule has 0 saturated heterocycles. The van der Waals surface area contributed by atoms with Crippen molar-refractivity contribution in [3.8, 4) is 0 Å². The van der Waals surface area contributed by atoms with Crippen molar-refractivity contribution in [2.24, 2.45) is 5.92 Å². The van der Waals surface area contributed by atoms with Gasteiger partial charge in [-0.05, 0) is 43.9 Å². The minimum atomic E-state index is -0.229. The normalized spacial score (nSPS) is 13.5. The van der Waals surface area contributed by atoms with Gasteiger partial charge in [0.1, 0.15) is 11.6 Å². The van der Waals surface area contributed by atoms with E-state index in [1.807, 2.05) is 52.9 Å². The Bertz CT molecular complexity index is 960. The lowest BCUT2D eigenvalue weighted by Gasteiger charge is -2.23. The molecular weight excluding hydrogens is 353 g/mol. The van der Waals surface area contributed by atoms with Gasteiger partial charge in [0.25, 0.3) is 5.91 Å². The molecule has 0 N–H and O–H groups in total. The predicted molar refractivity (Wildman–Crippen MR) is 106 cm³/mol. The standard InChI is InChI=1S/C23H24FN3O/c1-17-6-10-19(11-7-17)23(28)27(14-18-8-9-18)16-22-25-12-13-26(22)15-20-4-2-3-5-21(20)24/h2-7,10-13,18H,8-9,14-16H2,1H3. The van der Waals surface area contributed by atoms with Crippen LogP contribution in [-0.4, -0.2) is 26.9 Å². The fourth-order valence-corrected chi connectivity index (χ4v) is 3.33. The second kappa shape index (κ2) is 7.97. The third-order valence-corrected chi connectivity index (χ3v) is 5.19. The van der Waals surface area contributed by atoms with E-state index >= 15 is 0 Å². The van der Waals surface area contributed by atoms with Crippen molar-refractivity contribution < 1.29 is 9.18 Å². The smallest absolute Gasteiger partial charge is 0.254 e. The Morgan fingerprint density at radius 3 is 2.64 bits per heavy atom. The molecule has 1 heterocycles. The molecule has 1 aromatic heterocycles. The summed E-state index contributed by atoms with van der Waals surface area (Å²) in [6.07, 6.45) is 5.89. The van der Waals surface area contributed by atoms with Gasteiger partial charge in [0.05, 0.1) is 13.1 Å². The average Bonchev–Trinajstić information content (AvgIpc) is 3.41. The average molecular weight is 377 g/mol. The highest BCUT2D eigenvalue weighted by molar-refractivity contribution is 5.94. The summed E-state index contributed by atoms with van der Waals surface area (Å²) in [5.74, 6) is 1.13. The SMILES string of the molecule is Cc1ccc(C(=O)N(Cc2nccn2Cc2ccccc2F)CC2CC2)cc1. The Balaban J connectivity index is 1.54. The first-order chi connectivity index (χ1) is 13.6. The van der Waals surface area contributed by atoms with Gasteiger partial charge in [0, 0.05) is 30.1 Å². The molecule has 0 radical (unpaired) electrons. The number of carbonyl (C=O) groups excluding carboxylic acids is 1. The molecule has 1 saturated carbocycles. The van der Waals surface area contributed by atoms with Gasteiger partial charge >= 0.3 is 0 Å². The van der Waals surface area contributed by atoms with Crippen molar-refractivity contribution >= 4 is 5.91 Å². The number of carbonyl (C=O) groups is 1. The molecule has 0 spiro atoms. The highest BCUT2D eigenvalue weighted by Crippen LogP contribution is 2.30. The zero-order valence-corrected chi connectivity index (χ0v) is 16.0. The molecule has 0 unspecified atom stereocenters. The fourth-order valence-electron chi connectivity index (χ4n) is 3.33. The predicted octanol–water partition coefficient (Wildman–Crippen LogP) is 4.43. The summed E-state index contributed by atoms with van der Waals surface area (Å²) in [6.45, 7) is 3.57. The summed E-state index contributed by atoms with van der Waals surface area (Å²) in [4.78, 5) is 19.4. The summed E-state index contributed by atoms with van der Waals surface area (Å²) in [5.41, 5.74) is 2.43. The topological polar surface area (TPSA) is 38.1 Å². The highest BCUT2D eigenvalue weighted by Gasteiger charge is 2.28. The molecule has 4 rings (SSSR count). The zero-order chi connectivity index (χ0) is 19.5. The summed E-state index contributed by atoms with van der Waals surface area (Å²) >= 11 is 0. The molecule has 0 aliphatic heterocycles. The third-order valence-electron chi connectivity index (χ3n) is 5.19. The van der Waals surface area contributed by atoms with Crippen LogP contribution in [-0.2, 0) is 13.1 Å². The van der Waals surface area contributed by atoms with Crippen molar-refractivity contribution in [1.82, 2.24) is 14.5 Å². The summed E-state index contributed by atoms with van der Waals surface area (Å²) < 4.78 is 16.0. The summed E-state index contributed by atoms with van der Waals surface area (Å²) in [6, 6.07) is 14.4.